The fraction of sp³-hybridized carbons (Fsp3) is 0.619. The Bertz CT molecular complexity index is 643. The van der Waals surface area contributed by atoms with Crippen LogP contribution in [-0.2, 0) is 4.79 Å². The topological polar surface area (TPSA) is 49.4 Å². The van der Waals surface area contributed by atoms with Crippen molar-refractivity contribution in [3.63, 3.8) is 0 Å². The molecule has 4 heteroatoms. The predicted molar refractivity (Wildman–Crippen MR) is 97.2 cm³/mol. The van der Waals surface area contributed by atoms with Crippen molar-refractivity contribution < 1.29 is 9.59 Å². The van der Waals surface area contributed by atoms with Crippen LogP contribution in [0, 0.1) is 0 Å². The van der Waals surface area contributed by atoms with Crippen molar-refractivity contribution in [2.45, 2.75) is 82.3 Å². The van der Waals surface area contributed by atoms with Gasteiger partial charge in [0.15, 0.2) is 0 Å². The standard InChI is InChI=1S/C21H28N2O2/c24-20(22-15-9-5-6-10-15)19-17-13-7-8-14-18(17)21(25)23(19)16-11-3-1-2-4-12-16/h7-8,13-16,19H,1-6,9-12H2,(H,22,24). The second-order valence-corrected chi connectivity index (χ2v) is 7.84. The minimum atomic E-state index is -0.438. The summed E-state index contributed by atoms with van der Waals surface area (Å²) in [6.45, 7) is 0. The Morgan fingerprint density at radius 3 is 2.28 bits per heavy atom. The molecule has 4 nitrogen and oxygen atoms in total. The van der Waals surface area contributed by atoms with E-state index in [1.54, 1.807) is 0 Å². The molecule has 1 heterocycles. The number of carbonyl (C=O) groups is 2. The molecule has 0 aromatic heterocycles. The van der Waals surface area contributed by atoms with Crippen LogP contribution in [0.1, 0.15) is 86.2 Å². The van der Waals surface area contributed by atoms with E-state index in [-0.39, 0.29) is 23.9 Å². The van der Waals surface area contributed by atoms with Crippen LogP contribution < -0.4 is 5.32 Å². The van der Waals surface area contributed by atoms with Gasteiger partial charge < -0.3 is 10.2 Å². The van der Waals surface area contributed by atoms with Gasteiger partial charge in [-0.05, 0) is 37.3 Å². The Labute approximate surface area is 150 Å². The van der Waals surface area contributed by atoms with Crippen molar-refractivity contribution in [1.29, 1.82) is 0 Å². The average molecular weight is 340 g/mol. The first-order chi connectivity index (χ1) is 12.3. The summed E-state index contributed by atoms with van der Waals surface area (Å²) in [5.41, 5.74) is 1.62. The third-order valence-electron chi connectivity index (χ3n) is 6.17. The molecule has 1 atom stereocenters. The molecule has 0 saturated heterocycles. The monoisotopic (exact) mass is 340 g/mol. The first kappa shape index (κ1) is 16.6. The van der Waals surface area contributed by atoms with Crippen molar-refractivity contribution in [2.24, 2.45) is 0 Å². The fourth-order valence-electron chi connectivity index (χ4n) is 4.87. The highest BCUT2D eigenvalue weighted by Crippen LogP contribution is 2.38. The quantitative estimate of drug-likeness (QED) is 0.847. The van der Waals surface area contributed by atoms with Crippen LogP contribution in [0.5, 0.6) is 0 Å². The molecular weight excluding hydrogens is 312 g/mol. The van der Waals surface area contributed by atoms with Gasteiger partial charge in [-0.2, -0.15) is 0 Å². The number of carbonyl (C=O) groups excluding carboxylic acids is 2. The molecule has 0 radical (unpaired) electrons. The Morgan fingerprint density at radius 2 is 1.56 bits per heavy atom. The van der Waals surface area contributed by atoms with E-state index in [0.717, 1.165) is 49.7 Å². The van der Waals surface area contributed by atoms with Gasteiger partial charge in [-0.25, -0.2) is 0 Å². The molecule has 1 aromatic carbocycles. The van der Waals surface area contributed by atoms with Crippen molar-refractivity contribution in [3.05, 3.63) is 35.4 Å². The molecule has 1 aromatic rings. The largest absolute Gasteiger partial charge is 0.351 e. The lowest BCUT2D eigenvalue weighted by atomic mass is 10.0. The molecule has 2 amide bonds. The molecule has 1 unspecified atom stereocenters. The normalized spacial score (nSPS) is 25.0. The van der Waals surface area contributed by atoms with E-state index in [4.69, 9.17) is 0 Å². The van der Waals surface area contributed by atoms with E-state index in [1.807, 2.05) is 29.2 Å². The molecule has 134 valence electrons. The number of amides is 2. The lowest BCUT2D eigenvalue weighted by molar-refractivity contribution is -0.127. The van der Waals surface area contributed by atoms with E-state index < -0.39 is 6.04 Å². The zero-order valence-electron chi connectivity index (χ0n) is 14.9. The Kier molecular flexibility index (Phi) is 4.78. The summed E-state index contributed by atoms with van der Waals surface area (Å²) in [4.78, 5) is 28.2. The van der Waals surface area contributed by atoms with Gasteiger partial charge in [0.25, 0.3) is 5.91 Å². The highest BCUT2D eigenvalue weighted by molar-refractivity contribution is 6.04. The van der Waals surface area contributed by atoms with Crippen LogP contribution in [0.2, 0.25) is 0 Å². The molecule has 3 aliphatic rings. The maximum absolute atomic E-state index is 13.1. The molecule has 1 aliphatic heterocycles. The third-order valence-corrected chi connectivity index (χ3v) is 6.17. The molecule has 4 rings (SSSR count). The molecule has 1 N–H and O–H groups in total. The second-order valence-electron chi connectivity index (χ2n) is 7.84. The zero-order chi connectivity index (χ0) is 17.2. The first-order valence-corrected chi connectivity index (χ1v) is 9.97. The number of nitrogens with one attached hydrogen (secondary N) is 1. The molecule has 0 spiro atoms. The minimum Gasteiger partial charge on any atom is -0.351 e. The Balaban J connectivity index is 1.63. The number of fused-ring (bicyclic) bond motifs is 1. The van der Waals surface area contributed by atoms with Gasteiger partial charge in [-0.3, -0.25) is 9.59 Å². The summed E-state index contributed by atoms with van der Waals surface area (Å²) in [7, 11) is 0. The van der Waals surface area contributed by atoms with E-state index in [9.17, 15) is 9.59 Å². The number of hydrogen-bond acceptors (Lipinski definition) is 2. The van der Waals surface area contributed by atoms with Gasteiger partial charge in [-0.1, -0.05) is 56.7 Å². The third kappa shape index (κ3) is 3.19. The molecule has 2 aliphatic carbocycles. The maximum atomic E-state index is 13.1. The Morgan fingerprint density at radius 1 is 0.920 bits per heavy atom. The lowest BCUT2D eigenvalue weighted by Gasteiger charge is -2.33. The van der Waals surface area contributed by atoms with Gasteiger partial charge in [0.2, 0.25) is 5.91 Å². The van der Waals surface area contributed by atoms with Gasteiger partial charge in [0.1, 0.15) is 6.04 Å². The molecule has 25 heavy (non-hydrogen) atoms. The van der Waals surface area contributed by atoms with Gasteiger partial charge >= 0.3 is 0 Å². The van der Waals surface area contributed by atoms with Gasteiger partial charge in [0.05, 0.1) is 0 Å². The van der Waals surface area contributed by atoms with Crippen LogP contribution in [0.25, 0.3) is 0 Å². The van der Waals surface area contributed by atoms with Crippen molar-refractivity contribution in [3.8, 4) is 0 Å². The molecule has 2 fully saturated rings. The van der Waals surface area contributed by atoms with Crippen LogP contribution in [0.3, 0.4) is 0 Å². The summed E-state index contributed by atoms with van der Waals surface area (Å²) in [6.07, 6.45) is 11.3. The molecular formula is C21H28N2O2. The summed E-state index contributed by atoms with van der Waals surface area (Å²) >= 11 is 0. The van der Waals surface area contributed by atoms with Crippen molar-refractivity contribution >= 4 is 11.8 Å². The Hall–Kier alpha value is -1.84. The van der Waals surface area contributed by atoms with Crippen LogP contribution in [0.15, 0.2) is 24.3 Å². The number of rotatable bonds is 3. The number of hydrogen-bond donors (Lipinski definition) is 1. The zero-order valence-corrected chi connectivity index (χ0v) is 14.9. The van der Waals surface area contributed by atoms with E-state index in [0.29, 0.717) is 0 Å². The highest BCUT2D eigenvalue weighted by Gasteiger charge is 2.44. The highest BCUT2D eigenvalue weighted by atomic mass is 16.2. The fourth-order valence-corrected chi connectivity index (χ4v) is 4.87. The first-order valence-electron chi connectivity index (χ1n) is 9.97. The SMILES string of the molecule is O=C(NC1CCCC1)C1c2ccccc2C(=O)N1C1CCCCCC1. The van der Waals surface area contributed by atoms with Gasteiger partial charge in [-0.15, -0.1) is 0 Å². The summed E-state index contributed by atoms with van der Waals surface area (Å²) in [5, 5.41) is 3.23. The number of benzene rings is 1. The molecule has 0 bridgehead atoms. The lowest BCUT2D eigenvalue weighted by Crippen LogP contribution is -2.46. The van der Waals surface area contributed by atoms with Crippen LogP contribution in [-0.4, -0.2) is 28.8 Å². The van der Waals surface area contributed by atoms with Crippen LogP contribution >= 0.6 is 0 Å². The van der Waals surface area contributed by atoms with Gasteiger partial charge in [0, 0.05) is 17.6 Å². The smallest absolute Gasteiger partial charge is 0.255 e. The van der Waals surface area contributed by atoms with E-state index in [2.05, 4.69) is 5.32 Å². The van der Waals surface area contributed by atoms with Crippen molar-refractivity contribution in [1.82, 2.24) is 10.2 Å². The molecule has 2 saturated carbocycles. The van der Waals surface area contributed by atoms with Crippen LogP contribution in [0.4, 0.5) is 0 Å². The van der Waals surface area contributed by atoms with Crippen molar-refractivity contribution in [2.75, 3.05) is 0 Å². The summed E-state index contributed by atoms with van der Waals surface area (Å²) in [6, 6.07) is 7.73. The number of nitrogens with zero attached hydrogens (tertiary/aromatic N) is 1. The summed E-state index contributed by atoms with van der Waals surface area (Å²) < 4.78 is 0. The van der Waals surface area contributed by atoms with E-state index >= 15 is 0 Å². The average Bonchev–Trinajstić information content (AvgIpc) is 3.13. The maximum Gasteiger partial charge on any atom is 0.255 e. The second kappa shape index (κ2) is 7.19. The summed E-state index contributed by atoms with van der Waals surface area (Å²) in [5.74, 6) is 0.0727. The van der Waals surface area contributed by atoms with E-state index in [1.165, 1.54) is 25.7 Å². The predicted octanol–water partition coefficient (Wildman–Crippen LogP) is 3.97. The minimum absolute atomic E-state index is 0.0226.